The molecule has 0 fully saturated rings. The van der Waals surface area contributed by atoms with Crippen molar-refractivity contribution in [2.24, 2.45) is 0 Å². The Kier molecular flexibility index (Phi) is 5.70. The molecule has 32 heavy (non-hydrogen) atoms. The van der Waals surface area contributed by atoms with Crippen LogP contribution in [0.4, 0.5) is 5.00 Å². The maximum Gasteiger partial charge on any atom is 0.262 e. The van der Waals surface area contributed by atoms with E-state index in [0.29, 0.717) is 35.7 Å². The van der Waals surface area contributed by atoms with Crippen LogP contribution in [0.25, 0.3) is 22.6 Å². The number of carbonyl (C=O) groups excluding carboxylic acids is 1. The van der Waals surface area contributed by atoms with Crippen molar-refractivity contribution in [3.05, 3.63) is 70.9 Å². The first-order valence-corrected chi connectivity index (χ1v) is 11.1. The Morgan fingerprint density at radius 2 is 1.91 bits per heavy atom. The minimum atomic E-state index is -0.255. The number of nitrogens with one attached hydrogen (secondary N) is 1. The maximum absolute atomic E-state index is 12.6. The Bertz CT molecular complexity index is 1230. The molecule has 2 aromatic carbocycles. The van der Waals surface area contributed by atoms with Gasteiger partial charge >= 0.3 is 0 Å². The van der Waals surface area contributed by atoms with E-state index in [1.807, 2.05) is 42.5 Å². The molecule has 1 amide bonds. The number of thiophene rings is 1. The van der Waals surface area contributed by atoms with Gasteiger partial charge in [0, 0.05) is 4.88 Å². The van der Waals surface area contributed by atoms with Crippen LogP contribution in [0.1, 0.15) is 16.3 Å². The number of benzene rings is 2. The summed E-state index contributed by atoms with van der Waals surface area (Å²) >= 11 is 1.48. The molecule has 5 rings (SSSR count). The summed E-state index contributed by atoms with van der Waals surface area (Å²) < 4.78 is 16.7. The molecule has 3 heterocycles. The van der Waals surface area contributed by atoms with Gasteiger partial charge in [0.05, 0.1) is 18.8 Å². The second-order valence-corrected chi connectivity index (χ2v) is 8.49. The molecule has 0 aliphatic carbocycles. The standard InChI is InChI=1S/C24H21N3O4S/c1-15-25-23(31-27-15)22-19-11-12-29-13-20(19)32-24(22)26-21(28)14-30-18-9-7-17(8-10-18)16-5-3-2-4-6-16/h2-10H,11-14H2,1H3,(H,26,28). The van der Waals surface area contributed by atoms with Crippen molar-refractivity contribution in [2.75, 3.05) is 18.5 Å². The Morgan fingerprint density at radius 3 is 2.66 bits per heavy atom. The third-order valence-electron chi connectivity index (χ3n) is 5.15. The van der Waals surface area contributed by atoms with Crippen molar-refractivity contribution in [3.63, 3.8) is 0 Å². The monoisotopic (exact) mass is 447 g/mol. The Hall–Kier alpha value is -3.49. The number of nitrogens with zero attached hydrogens (tertiary/aromatic N) is 2. The van der Waals surface area contributed by atoms with Gasteiger partial charge in [-0.25, -0.2) is 0 Å². The molecule has 0 spiro atoms. The van der Waals surface area contributed by atoms with Crippen LogP contribution in [0.2, 0.25) is 0 Å². The number of anilines is 1. The summed E-state index contributed by atoms with van der Waals surface area (Å²) in [5.41, 5.74) is 4.10. The quantitative estimate of drug-likeness (QED) is 0.454. The van der Waals surface area contributed by atoms with Gasteiger partial charge in [-0.15, -0.1) is 11.3 Å². The number of hydrogen-bond acceptors (Lipinski definition) is 7. The first-order valence-electron chi connectivity index (χ1n) is 10.3. The second kappa shape index (κ2) is 8.94. The fourth-order valence-corrected chi connectivity index (χ4v) is 4.82. The van der Waals surface area contributed by atoms with E-state index in [1.54, 1.807) is 6.92 Å². The predicted molar refractivity (Wildman–Crippen MR) is 122 cm³/mol. The second-order valence-electron chi connectivity index (χ2n) is 7.38. The minimum Gasteiger partial charge on any atom is -0.484 e. The highest BCUT2D eigenvalue weighted by Gasteiger charge is 2.26. The van der Waals surface area contributed by atoms with E-state index in [4.69, 9.17) is 14.0 Å². The number of ether oxygens (including phenoxy) is 2. The first-order chi connectivity index (χ1) is 15.7. The van der Waals surface area contributed by atoms with Crippen LogP contribution in [-0.4, -0.2) is 29.3 Å². The predicted octanol–water partition coefficient (Wildman–Crippen LogP) is 4.86. The molecule has 7 nitrogen and oxygen atoms in total. The largest absolute Gasteiger partial charge is 0.484 e. The van der Waals surface area contributed by atoms with Crippen LogP contribution in [-0.2, 0) is 22.6 Å². The van der Waals surface area contributed by atoms with Crippen molar-refractivity contribution in [3.8, 4) is 28.3 Å². The van der Waals surface area contributed by atoms with Crippen LogP contribution in [0.5, 0.6) is 5.75 Å². The molecule has 0 bridgehead atoms. The molecule has 1 aliphatic heterocycles. The van der Waals surface area contributed by atoms with Gasteiger partial charge < -0.3 is 19.3 Å². The van der Waals surface area contributed by atoms with E-state index in [1.165, 1.54) is 11.3 Å². The lowest BCUT2D eigenvalue weighted by atomic mass is 10.1. The van der Waals surface area contributed by atoms with Crippen molar-refractivity contribution in [1.82, 2.24) is 10.1 Å². The molecular weight excluding hydrogens is 426 g/mol. The number of hydrogen-bond donors (Lipinski definition) is 1. The van der Waals surface area contributed by atoms with Crippen molar-refractivity contribution in [1.29, 1.82) is 0 Å². The molecule has 8 heteroatoms. The number of aryl methyl sites for hydroxylation is 1. The lowest BCUT2D eigenvalue weighted by molar-refractivity contribution is -0.118. The lowest BCUT2D eigenvalue weighted by Crippen LogP contribution is -2.20. The summed E-state index contributed by atoms with van der Waals surface area (Å²) in [5.74, 6) is 1.33. The van der Waals surface area contributed by atoms with Crippen LogP contribution >= 0.6 is 11.3 Å². The van der Waals surface area contributed by atoms with E-state index in [0.717, 1.165) is 33.6 Å². The molecule has 0 unspecified atom stereocenters. The van der Waals surface area contributed by atoms with Crippen LogP contribution in [0, 0.1) is 6.92 Å². The topological polar surface area (TPSA) is 86.5 Å². The molecule has 1 aliphatic rings. The third-order valence-corrected chi connectivity index (χ3v) is 6.27. The van der Waals surface area contributed by atoms with Gasteiger partial charge in [0.2, 0.25) is 0 Å². The van der Waals surface area contributed by atoms with Gasteiger partial charge in [0.25, 0.3) is 11.8 Å². The van der Waals surface area contributed by atoms with Crippen LogP contribution in [0.15, 0.2) is 59.1 Å². The molecular formula is C24H21N3O4S. The van der Waals surface area contributed by atoms with Crippen molar-refractivity contribution < 1.29 is 18.8 Å². The number of amides is 1. The fourth-order valence-electron chi connectivity index (χ4n) is 3.63. The highest BCUT2D eigenvalue weighted by atomic mass is 32.1. The number of carbonyl (C=O) groups is 1. The summed E-state index contributed by atoms with van der Waals surface area (Å²) in [6.45, 7) is 2.80. The Morgan fingerprint density at radius 1 is 1.12 bits per heavy atom. The minimum absolute atomic E-state index is 0.105. The normalized spacial score (nSPS) is 12.9. The maximum atomic E-state index is 12.6. The Labute approximate surface area is 189 Å². The molecule has 0 atom stereocenters. The summed E-state index contributed by atoms with van der Waals surface area (Å²) in [6.07, 6.45) is 0.739. The van der Waals surface area contributed by atoms with E-state index in [-0.39, 0.29) is 12.5 Å². The average molecular weight is 448 g/mol. The summed E-state index contributed by atoms with van der Waals surface area (Å²) in [4.78, 5) is 18.1. The SMILES string of the molecule is Cc1noc(-c2c(NC(=O)COc3ccc(-c4ccccc4)cc3)sc3c2CCOC3)n1. The van der Waals surface area contributed by atoms with Gasteiger partial charge in [-0.1, -0.05) is 47.6 Å². The molecule has 0 radical (unpaired) electrons. The zero-order valence-electron chi connectivity index (χ0n) is 17.5. The molecule has 0 saturated heterocycles. The number of fused-ring (bicyclic) bond motifs is 1. The molecule has 162 valence electrons. The van der Waals surface area contributed by atoms with Crippen LogP contribution in [0.3, 0.4) is 0 Å². The summed E-state index contributed by atoms with van der Waals surface area (Å²) in [7, 11) is 0. The highest BCUT2D eigenvalue weighted by Crippen LogP contribution is 2.42. The average Bonchev–Trinajstić information content (AvgIpc) is 3.41. The van der Waals surface area contributed by atoms with E-state index in [2.05, 4.69) is 27.6 Å². The number of rotatable bonds is 6. The van der Waals surface area contributed by atoms with Crippen LogP contribution < -0.4 is 10.1 Å². The van der Waals surface area contributed by atoms with Gasteiger partial charge in [-0.05, 0) is 42.2 Å². The molecule has 4 aromatic rings. The van der Waals surface area contributed by atoms with Gasteiger partial charge in [-0.3, -0.25) is 4.79 Å². The first kappa shape index (κ1) is 20.4. The number of aromatic nitrogens is 2. The van der Waals surface area contributed by atoms with Gasteiger partial charge in [0.1, 0.15) is 10.8 Å². The van der Waals surface area contributed by atoms with E-state index < -0.39 is 0 Å². The summed E-state index contributed by atoms with van der Waals surface area (Å²) in [6, 6.07) is 17.8. The van der Waals surface area contributed by atoms with Gasteiger partial charge in [0.15, 0.2) is 12.4 Å². The zero-order valence-corrected chi connectivity index (χ0v) is 18.3. The smallest absolute Gasteiger partial charge is 0.262 e. The zero-order chi connectivity index (χ0) is 21.9. The molecule has 2 aromatic heterocycles. The third kappa shape index (κ3) is 4.28. The highest BCUT2D eigenvalue weighted by molar-refractivity contribution is 7.17. The van der Waals surface area contributed by atoms with E-state index >= 15 is 0 Å². The molecule has 1 N–H and O–H groups in total. The lowest BCUT2D eigenvalue weighted by Gasteiger charge is -2.12. The summed E-state index contributed by atoms with van der Waals surface area (Å²) in [5, 5.41) is 7.53. The fraction of sp³-hybridized carbons (Fsp3) is 0.208. The van der Waals surface area contributed by atoms with Crippen molar-refractivity contribution >= 4 is 22.2 Å². The molecule has 0 saturated carbocycles. The van der Waals surface area contributed by atoms with E-state index in [9.17, 15) is 4.79 Å². The van der Waals surface area contributed by atoms with Gasteiger partial charge in [-0.2, -0.15) is 4.98 Å². The Balaban J connectivity index is 1.28. The van der Waals surface area contributed by atoms with Crippen molar-refractivity contribution in [2.45, 2.75) is 20.0 Å².